The molecule has 2 aromatic carbocycles. The number of ether oxygens (including phenoxy) is 2. The molecular formula is C24H26O5. The van der Waals surface area contributed by atoms with E-state index in [0.29, 0.717) is 23.5 Å². The van der Waals surface area contributed by atoms with E-state index in [-0.39, 0.29) is 19.0 Å². The molecule has 0 fully saturated rings. The number of methoxy groups -OCH3 is 1. The Balaban J connectivity index is 1.71. The van der Waals surface area contributed by atoms with Gasteiger partial charge in [-0.15, -0.1) is 0 Å². The van der Waals surface area contributed by atoms with Crippen molar-refractivity contribution in [3.8, 4) is 5.75 Å². The molecule has 0 aliphatic rings. The fourth-order valence-corrected chi connectivity index (χ4v) is 3.40. The molecule has 0 unspecified atom stereocenters. The molecule has 0 bridgehead atoms. The maximum Gasteiger partial charge on any atom is 0.336 e. The third-order valence-electron chi connectivity index (χ3n) is 5.00. The molecule has 3 rings (SSSR count). The van der Waals surface area contributed by atoms with Crippen molar-refractivity contribution in [3.63, 3.8) is 0 Å². The topological polar surface area (TPSA) is 65.7 Å². The molecule has 29 heavy (non-hydrogen) atoms. The molecule has 5 nitrogen and oxygen atoms in total. The van der Waals surface area contributed by atoms with Gasteiger partial charge in [-0.3, -0.25) is 4.79 Å². The molecule has 0 saturated heterocycles. The molecule has 0 atom stereocenters. The van der Waals surface area contributed by atoms with E-state index in [1.165, 1.54) is 11.6 Å². The van der Waals surface area contributed by atoms with Gasteiger partial charge in [0, 0.05) is 23.4 Å². The van der Waals surface area contributed by atoms with Crippen LogP contribution >= 0.6 is 0 Å². The van der Waals surface area contributed by atoms with Crippen LogP contribution in [0.25, 0.3) is 11.0 Å². The minimum absolute atomic E-state index is 0.0458. The van der Waals surface area contributed by atoms with Crippen LogP contribution in [-0.4, -0.2) is 13.1 Å². The molecule has 5 heteroatoms. The molecule has 0 radical (unpaired) electrons. The third-order valence-corrected chi connectivity index (χ3v) is 5.00. The minimum Gasteiger partial charge on any atom is -0.497 e. The zero-order valence-corrected chi connectivity index (χ0v) is 17.3. The number of hydrogen-bond donors (Lipinski definition) is 0. The number of benzene rings is 2. The highest BCUT2D eigenvalue weighted by Gasteiger charge is 2.13. The van der Waals surface area contributed by atoms with E-state index in [0.717, 1.165) is 22.3 Å². The average molecular weight is 394 g/mol. The number of fused-ring (bicyclic) bond motifs is 1. The molecule has 0 aliphatic heterocycles. The number of carbonyl (C=O) groups is 1. The van der Waals surface area contributed by atoms with Gasteiger partial charge < -0.3 is 13.9 Å². The molecule has 0 aliphatic carbocycles. The first-order chi connectivity index (χ1) is 13.9. The summed E-state index contributed by atoms with van der Waals surface area (Å²) in [5.74, 6) is 0.812. The van der Waals surface area contributed by atoms with Gasteiger partial charge in [-0.05, 0) is 60.2 Å². The molecule has 0 saturated carbocycles. The van der Waals surface area contributed by atoms with Crippen LogP contribution in [0.1, 0.15) is 48.4 Å². The van der Waals surface area contributed by atoms with Gasteiger partial charge in [0.1, 0.15) is 17.9 Å². The Morgan fingerprint density at radius 1 is 1.10 bits per heavy atom. The van der Waals surface area contributed by atoms with Gasteiger partial charge in [-0.1, -0.05) is 26.0 Å². The first-order valence-electron chi connectivity index (χ1n) is 9.73. The molecule has 1 heterocycles. The monoisotopic (exact) mass is 394 g/mol. The minimum atomic E-state index is -0.446. The fourth-order valence-electron chi connectivity index (χ4n) is 3.40. The zero-order chi connectivity index (χ0) is 21.0. The number of rotatable bonds is 7. The Morgan fingerprint density at radius 3 is 2.48 bits per heavy atom. The van der Waals surface area contributed by atoms with Crippen molar-refractivity contribution in [1.82, 2.24) is 0 Å². The zero-order valence-electron chi connectivity index (χ0n) is 17.3. The van der Waals surface area contributed by atoms with Gasteiger partial charge in [0.15, 0.2) is 0 Å². The number of aryl methyl sites for hydroxylation is 2. The lowest BCUT2D eigenvalue weighted by molar-refractivity contribution is -0.144. The maximum absolute atomic E-state index is 12.2. The first kappa shape index (κ1) is 20.6. The van der Waals surface area contributed by atoms with E-state index >= 15 is 0 Å². The summed E-state index contributed by atoms with van der Waals surface area (Å²) in [6.07, 6.45) is 0.846. The van der Waals surface area contributed by atoms with Gasteiger partial charge in [-0.2, -0.15) is 0 Å². The normalized spacial score (nSPS) is 11.1. The number of esters is 1. The highest BCUT2D eigenvalue weighted by atomic mass is 16.5. The highest BCUT2D eigenvalue weighted by Crippen LogP contribution is 2.27. The van der Waals surface area contributed by atoms with Gasteiger partial charge in [-0.25, -0.2) is 4.79 Å². The van der Waals surface area contributed by atoms with Crippen LogP contribution in [-0.2, 0) is 22.6 Å². The molecule has 0 N–H and O–H groups in total. The van der Waals surface area contributed by atoms with Gasteiger partial charge >= 0.3 is 11.6 Å². The summed E-state index contributed by atoms with van der Waals surface area (Å²) in [5.41, 5.74) is 4.02. The van der Waals surface area contributed by atoms with E-state index < -0.39 is 5.63 Å². The maximum atomic E-state index is 12.2. The van der Waals surface area contributed by atoms with Crippen LogP contribution in [0.15, 0.2) is 51.7 Å². The predicted molar refractivity (Wildman–Crippen MR) is 112 cm³/mol. The predicted octanol–water partition coefficient (Wildman–Crippen LogP) is 4.91. The Bertz CT molecular complexity index is 1060. The van der Waals surface area contributed by atoms with E-state index in [9.17, 15) is 9.59 Å². The van der Waals surface area contributed by atoms with Crippen molar-refractivity contribution in [2.45, 2.75) is 46.1 Å². The van der Waals surface area contributed by atoms with Crippen molar-refractivity contribution >= 4 is 16.9 Å². The van der Waals surface area contributed by atoms with E-state index in [2.05, 4.69) is 13.8 Å². The van der Waals surface area contributed by atoms with Crippen LogP contribution < -0.4 is 10.4 Å². The highest BCUT2D eigenvalue weighted by molar-refractivity contribution is 5.82. The van der Waals surface area contributed by atoms with Gasteiger partial charge in [0.2, 0.25) is 0 Å². The summed E-state index contributed by atoms with van der Waals surface area (Å²) in [4.78, 5) is 24.1. The summed E-state index contributed by atoms with van der Waals surface area (Å²) in [5, 5.41) is 0.807. The second kappa shape index (κ2) is 8.95. The molecule has 0 spiro atoms. The smallest absolute Gasteiger partial charge is 0.336 e. The summed E-state index contributed by atoms with van der Waals surface area (Å²) < 4.78 is 15.9. The summed E-state index contributed by atoms with van der Waals surface area (Å²) in [6.45, 7) is 6.28. The van der Waals surface area contributed by atoms with Crippen molar-refractivity contribution in [3.05, 3.63) is 75.1 Å². The molecule has 152 valence electrons. The third kappa shape index (κ3) is 5.05. The fraction of sp³-hybridized carbons (Fsp3) is 0.333. The van der Waals surface area contributed by atoms with Crippen LogP contribution in [0.3, 0.4) is 0 Å². The lowest BCUT2D eigenvalue weighted by Gasteiger charge is -2.13. The summed E-state index contributed by atoms with van der Waals surface area (Å²) >= 11 is 0. The van der Waals surface area contributed by atoms with Crippen LogP contribution in [0.4, 0.5) is 0 Å². The van der Waals surface area contributed by atoms with E-state index in [1.54, 1.807) is 7.11 Å². The molecule has 0 amide bonds. The number of hydrogen-bond acceptors (Lipinski definition) is 5. The SMILES string of the molecule is COc1ccc(CCC(=O)OCc2cc(=O)oc3cc(C)c(C(C)C)cc23)cc1. The average Bonchev–Trinajstić information content (AvgIpc) is 2.69. The Morgan fingerprint density at radius 2 is 1.83 bits per heavy atom. The Kier molecular flexibility index (Phi) is 6.37. The second-order valence-corrected chi connectivity index (χ2v) is 7.46. The lowest BCUT2D eigenvalue weighted by Crippen LogP contribution is -2.09. The van der Waals surface area contributed by atoms with Crippen molar-refractivity contribution in [2.75, 3.05) is 7.11 Å². The van der Waals surface area contributed by atoms with Crippen molar-refractivity contribution in [2.24, 2.45) is 0 Å². The Hall–Kier alpha value is -3.08. The van der Waals surface area contributed by atoms with Crippen LogP contribution in [0, 0.1) is 6.92 Å². The molecular weight excluding hydrogens is 368 g/mol. The first-order valence-corrected chi connectivity index (χ1v) is 9.73. The quantitative estimate of drug-likeness (QED) is 0.421. The standard InChI is InChI=1S/C24H26O5/c1-15(2)20-13-21-18(12-24(26)29-22(21)11-16(20)3)14-28-23(25)10-7-17-5-8-19(27-4)9-6-17/h5-6,8-9,11-13,15H,7,10,14H2,1-4H3. The largest absolute Gasteiger partial charge is 0.497 e. The summed E-state index contributed by atoms with van der Waals surface area (Å²) in [6, 6.07) is 12.9. The summed E-state index contributed by atoms with van der Waals surface area (Å²) in [7, 11) is 1.62. The van der Waals surface area contributed by atoms with Crippen LogP contribution in [0.2, 0.25) is 0 Å². The van der Waals surface area contributed by atoms with Gasteiger partial charge in [0.05, 0.1) is 7.11 Å². The lowest BCUT2D eigenvalue weighted by atomic mass is 9.95. The van der Waals surface area contributed by atoms with E-state index in [4.69, 9.17) is 13.9 Å². The van der Waals surface area contributed by atoms with Crippen LogP contribution in [0.5, 0.6) is 5.75 Å². The van der Waals surface area contributed by atoms with Crippen molar-refractivity contribution in [1.29, 1.82) is 0 Å². The molecule has 3 aromatic rings. The van der Waals surface area contributed by atoms with E-state index in [1.807, 2.05) is 43.3 Å². The second-order valence-electron chi connectivity index (χ2n) is 7.46. The van der Waals surface area contributed by atoms with Gasteiger partial charge in [0.25, 0.3) is 0 Å². The van der Waals surface area contributed by atoms with Crippen molar-refractivity contribution < 1.29 is 18.7 Å². The number of carbonyl (C=O) groups excluding carboxylic acids is 1. The Labute approximate surface area is 170 Å². The molecule has 1 aromatic heterocycles.